The molecule has 0 bridgehead atoms. The Labute approximate surface area is 110 Å². The highest BCUT2D eigenvalue weighted by Gasteiger charge is 2.13. The summed E-state index contributed by atoms with van der Waals surface area (Å²) in [5, 5.41) is 11.8. The largest absolute Gasteiger partial charge is 0.387 e. The molecule has 2 aromatic rings. The van der Waals surface area contributed by atoms with Crippen molar-refractivity contribution >= 4 is 22.9 Å². The highest BCUT2D eigenvalue weighted by atomic mass is 35.5. The fourth-order valence-electron chi connectivity index (χ4n) is 1.66. The van der Waals surface area contributed by atoms with Crippen LogP contribution in [-0.2, 0) is 6.42 Å². The Morgan fingerprint density at radius 3 is 2.76 bits per heavy atom. The van der Waals surface area contributed by atoms with E-state index < -0.39 is 6.10 Å². The molecule has 2 nitrogen and oxygen atoms in total. The molecule has 0 radical (unpaired) electrons. The van der Waals surface area contributed by atoms with Crippen molar-refractivity contribution in [2.45, 2.75) is 26.4 Å². The molecule has 0 fully saturated rings. The number of thiazole rings is 1. The molecule has 2 rings (SSSR count). The molecule has 1 heterocycles. The van der Waals surface area contributed by atoms with Crippen LogP contribution < -0.4 is 0 Å². The average Bonchev–Trinajstić information content (AvgIpc) is 2.69. The van der Waals surface area contributed by atoms with Crippen LogP contribution in [0.2, 0.25) is 5.02 Å². The average molecular weight is 268 g/mol. The molecule has 1 unspecified atom stereocenters. The molecule has 1 aromatic heterocycles. The van der Waals surface area contributed by atoms with Crippen molar-refractivity contribution in [1.82, 2.24) is 4.98 Å². The monoisotopic (exact) mass is 267 g/mol. The van der Waals surface area contributed by atoms with Gasteiger partial charge in [-0.3, -0.25) is 0 Å². The molecule has 17 heavy (non-hydrogen) atoms. The van der Waals surface area contributed by atoms with Gasteiger partial charge >= 0.3 is 0 Å². The van der Waals surface area contributed by atoms with Crippen molar-refractivity contribution in [1.29, 1.82) is 0 Å². The number of hydrogen-bond donors (Lipinski definition) is 1. The van der Waals surface area contributed by atoms with Crippen LogP contribution in [0.1, 0.15) is 27.1 Å². The van der Waals surface area contributed by atoms with E-state index in [1.54, 1.807) is 6.20 Å². The topological polar surface area (TPSA) is 33.1 Å². The summed E-state index contributed by atoms with van der Waals surface area (Å²) in [6, 6.07) is 5.89. The molecule has 4 heteroatoms. The van der Waals surface area contributed by atoms with Crippen molar-refractivity contribution in [3.05, 3.63) is 50.4 Å². The van der Waals surface area contributed by atoms with Crippen molar-refractivity contribution in [2.24, 2.45) is 0 Å². The molecule has 0 amide bonds. The fourth-order valence-corrected chi connectivity index (χ4v) is 2.74. The molecule has 1 atom stereocenters. The minimum Gasteiger partial charge on any atom is -0.387 e. The quantitative estimate of drug-likeness (QED) is 0.920. The van der Waals surface area contributed by atoms with Gasteiger partial charge < -0.3 is 5.11 Å². The minimum absolute atomic E-state index is 0.526. The zero-order valence-electron chi connectivity index (χ0n) is 9.77. The van der Waals surface area contributed by atoms with Crippen LogP contribution in [0.15, 0.2) is 24.4 Å². The van der Waals surface area contributed by atoms with Crippen LogP contribution in [0, 0.1) is 13.8 Å². The third kappa shape index (κ3) is 3.06. The Balaban J connectivity index is 2.15. The standard InChI is InChI=1S/C13H14ClNOS/c1-8-3-4-10(11(14)5-8)6-12(16)13-7-15-9(2)17-13/h3-5,7,12,16H,6H2,1-2H3. The lowest BCUT2D eigenvalue weighted by atomic mass is 10.1. The van der Waals surface area contributed by atoms with Crippen molar-refractivity contribution in [3.63, 3.8) is 0 Å². The van der Waals surface area contributed by atoms with E-state index in [4.69, 9.17) is 11.6 Å². The molecule has 0 saturated heterocycles. The Morgan fingerprint density at radius 2 is 2.18 bits per heavy atom. The Hall–Kier alpha value is -0.900. The molecule has 0 spiro atoms. The maximum Gasteiger partial charge on any atom is 0.0938 e. The fraction of sp³-hybridized carbons (Fsp3) is 0.308. The summed E-state index contributed by atoms with van der Waals surface area (Å²) in [5.41, 5.74) is 2.10. The highest BCUT2D eigenvalue weighted by Crippen LogP contribution is 2.27. The number of aromatic nitrogens is 1. The van der Waals surface area contributed by atoms with Crippen molar-refractivity contribution in [3.8, 4) is 0 Å². The summed E-state index contributed by atoms with van der Waals surface area (Å²) in [5.74, 6) is 0. The summed E-state index contributed by atoms with van der Waals surface area (Å²) in [4.78, 5) is 5.03. The van der Waals surface area contributed by atoms with E-state index in [1.807, 2.05) is 32.0 Å². The first-order valence-corrected chi connectivity index (χ1v) is 6.61. The number of aryl methyl sites for hydroxylation is 2. The molecular weight excluding hydrogens is 254 g/mol. The van der Waals surface area contributed by atoms with Gasteiger partial charge in [-0.2, -0.15) is 0 Å². The van der Waals surface area contributed by atoms with Crippen molar-refractivity contribution in [2.75, 3.05) is 0 Å². The Morgan fingerprint density at radius 1 is 1.41 bits per heavy atom. The van der Waals surface area contributed by atoms with Crippen LogP contribution in [0.5, 0.6) is 0 Å². The summed E-state index contributed by atoms with van der Waals surface area (Å²) in [6.07, 6.45) is 1.73. The van der Waals surface area contributed by atoms with Gasteiger partial charge in [-0.05, 0) is 31.0 Å². The van der Waals surface area contributed by atoms with Gasteiger partial charge in [-0.25, -0.2) is 4.98 Å². The molecule has 0 aliphatic rings. The first-order chi connectivity index (χ1) is 8.06. The van der Waals surface area contributed by atoms with Gasteiger partial charge in [0.2, 0.25) is 0 Å². The van der Waals surface area contributed by atoms with Crippen LogP contribution in [0.4, 0.5) is 0 Å². The van der Waals surface area contributed by atoms with Crippen LogP contribution in [-0.4, -0.2) is 10.1 Å². The number of nitrogens with zero attached hydrogens (tertiary/aromatic N) is 1. The van der Waals surface area contributed by atoms with E-state index in [0.717, 1.165) is 21.0 Å². The summed E-state index contributed by atoms with van der Waals surface area (Å²) < 4.78 is 0. The van der Waals surface area contributed by atoms with Crippen LogP contribution in [0.3, 0.4) is 0 Å². The second-order valence-corrected chi connectivity index (χ2v) is 5.77. The zero-order chi connectivity index (χ0) is 12.4. The lowest BCUT2D eigenvalue weighted by Gasteiger charge is -2.10. The van der Waals surface area contributed by atoms with Gasteiger partial charge in [0.05, 0.1) is 16.0 Å². The third-order valence-electron chi connectivity index (χ3n) is 2.59. The molecular formula is C13H14ClNOS. The number of benzene rings is 1. The Bertz CT molecular complexity index is 524. The second kappa shape index (κ2) is 5.17. The van der Waals surface area contributed by atoms with E-state index in [1.165, 1.54) is 11.3 Å². The summed E-state index contributed by atoms with van der Waals surface area (Å²) >= 11 is 7.66. The normalized spacial score (nSPS) is 12.7. The maximum absolute atomic E-state index is 10.1. The molecule has 1 N–H and O–H groups in total. The molecule has 1 aromatic carbocycles. The number of hydrogen-bond acceptors (Lipinski definition) is 3. The lowest BCUT2D eigenvalue weighted by Crippen LogP contribution is -2.00. The van der Waals surface area contributed by atoms with E-state index in [-0.39, 0.29) is 0 Å². The summed E-state index contributed by atoms with van der Waals surface area (Å²) in [6.45, 7) is 3.93. The predicted molar refractivity (Wildman–Crippen MR) is 71.7 cm³/mol. The number of aliphatic hydroxyl groups is 1. The zero-order valence-corrected chi connectivity index (χ0v) is 11.3. The lowest BCUT2D eigenvalue weighted by molar-refractivity contribution is 0.182. The van der Waals surface area contributed by atoms with E-state index in [0.29, 0.717) is 11.4 Å². The van der Waals surface area contributed by atoms with Gasteiger partial charge in [0, 0.05) is 17.6 Å². The maximum atomic E-state index is 10.1. The van der Waals surface area contributed by atoms with Gasteiger partial charge in [0.1, 0.15) is 0 Å². The highest BCUT2D eigenvalue weighted by molar-refractivity contribution is 7.11. The van der Waals surface area contributed by atoms with Gasteiger partial charge in [-0.1, -0.05) is 23.7 Å². The summed E-state index contributed by atoms with van der Waals surface area (Å²) in [7, 11) is 0. The first kappa shape index (κ1) is 12.6. The molecule has 0 saturated carbocycles. The Kier molecular flexibility index (Phi) is 3.82. The van der Waals surface area contributed by atoms with Gasteiger partial charge in [-0.15, -0.1) is 11.3 Å². The number of halogens is 1. The van der Waals surface area contributed by atoms with Gasteiger partial charge in [0.15, 0.2) is 0 Å². The predicted octanol–water partition coefficient (Wildman–Crippen LogP) is 3.69. The van der Waals surface area contributed by atoms with Crippen LogP contribution >= 0.6 is 22.9 Å². The first-order valence-electron chi connectivity index (χ1n) is 5.41. The van der Waals surface area contributed by atoms with Gasteiger partial charge in [0.25, 0.3) is 0 Å². The molecule has 0 aliphatic heterocycles. The van der Waals surface area contributed by atoms with E-state index >= 15 is 0 Å². The SMILES string of the molecule is Cc1ccc(CC(O)c2cnc(C)s2)c(Cl)c1. The van der Waals surface area contributed by atoms with E-state index in [2.05, 4.69) is 4.98 Å². The van der Waals surface area contributed by atoms with Crippen LogP contribution in [0.25, 0.3) is 0 Å². The number of rotatable bonds is 3. The number of aliphatic hydroxyl groups excluding tert-OH is 1. The van der Waals surface area contributed by atoms with E-state index in [9.17, 15) is 5.11 Å². The molecule has 90 valence electrons. The third-order valence-corrected chi connectivity index (χ3v) is 3.96. The minimum atomic E-state index is -0.526. The second-order valence-electron chi connectivity index (χ2n) is 4.10. The molecule has 0 aliphatic carbocycles. The smallest absolute Gasteiger partial charge is 0.0938 e. The van der Waals surface area contributed by atoms with Crippen molar-refractivity contribution < 1.29 is 5.11 Å².